The highest BCUT2D eigenvalue weighted by atomic mass is 16.2. The summed E-state index contributed by atoms with van der Waals surface area (Å²) in [5, 5.41) is 0. The van der Waals surface area contributed by atoms with Gasteiger partial charge in [0.25, 0.3) is 0 Å². The van der Waals surface area contributed by atoms with Gasteiger partial charge < -0.3 is 4.90 Å². The normalized spacial score (nSPS) is 20.8. The highest BCUT2D eigenvalue weighted by Crippen LogP contribution is 2.48. The lowest BCUT2D eigenvalue weighted by molar-refractivity contribution is -0.141. The first kappa shape index (κ1) is 11.8. The molecule has 1 amide bonds. The maximum atomic E-state index is 12.2. The van der Waals surface area contributed by atoms with Gasteiger partial charge in [-0.05, 0) is 25.0 Å². The third-order valence-corrected chi connectivity index (χ3v) is 4.57. The van der Waals surface area contributed by atoms with Crippen molar-refractivity contribution in [2.24, 2.45) is 5.41 Å². The number of nitrogens with zero attached hydrogens (tertiary/aromatic N) is 3. The number of para-hydroxylation sites is 2. The van der Waals surface area contributed by atoms with Crippen LogP contribution in [0, 0.1) is 5.41 Å². The third-order valence-electron chi connectivity index (χ3n) is 4.57. The first-order chi connectivity index (χ1) is 9.66. The minimum Gasteiger partial charge on any atom is -0.341 e. The lowest BCUT2D eigenvalue weighted by Gasteiger charge is -2.40. The van der Waals surface area contributed by atoms with E-state index in [9.17, 15) is 4.79 Å². The van der Waals surface area contributed by atoms with E-state index in [0.717, 1.165) is 42.7 Å². The Balaban J connectivity index is 1.50. The van der Waals surface area contributed by atoms with Crippen LogP contribution < -0.4 is 0 Å². The van der Waals surface area contributed by atoms with Crippen LogP contribution in [0.3, 0.4) is 0 Å². The standard InChI is InChI=1S/C16H17N3O/c1-16(6-7-16)15(20)19-9-11(10-19)14-8-17-12-4-2-3-5-13(12)18-14/h2-5,8,11H,6-7,9-10H2,1H3. The fraction of sp³-hybridized carbons (Fsp3) is 0.438. The lowest BCUT2D eigenvalue weighted by Crippen LogP contribution is -2.51. The molecular formula is C16H17N3O. The fourth-order valence-electron chi connectivity index (χ4n) is 2.78. The van der Waals surface area contributed by atoms with Crippen LogP contribution in [-0.2, 0) is 4.79 Å². The Morgan fingerprint density at radius 1 is 1.25 bits per heavy atom. The summed E-state index contributed by atoms with van der Waals surface area (Å²) in [7, 11) is 0. The zero-order chi connectivity index (χ0) is 13.7. The Morgan fingerprint density at radius 2 is 1.95 bits per heavy atom. The van der Waals surface area contributed by atoms with Crippen LogP contribution in [-0.4, -0.2) is 33.9 Å². The van der Waals surface area contributed by atoms with E-state index in [1.807, 2.05) is 35.4 Å². The van der Waals surface area contributed by atoms with Crippen LogP contribution in [0.1, 0.15) is 31.4 Å². The van der Waals surface area contributed by atoms with Gasteiger partial charge in [0.2, 0.25) is 5.91 Å². The molecule has 20 heavy (non-hydrogen) atoms. The molecule has 1 saturated carbocycles. The summed E-state index contributed by atoms with van der Waals surface area (Å²) >= 11 is 0. The molecule has 2 aliphatic rings. The van der Waals surface area contributed by atoms with Crippen molar-refractivity contribution in [3.63, 3.8) is 0 Å². The quantitative estimate of drug-likeness (QED) is 0.839. The summed E-state index contributed by atoms with van der Waals surface area (Å²) in [6.07, 6.45) is 3.94. The molecule has 102 valence electrons. The molecule has 1 aliphatic heterocycles. The van der Waals surface area contributed by atoms with Gasteiger partial charge >= 0.3 is 0 Å². The molecule has 0 spiro atoms. The number of rotatable bonds is 2. The van der Waals surface area contributed by atoms with Gasteiger partial charge in [0.1, 0.15) is 0 Å². The van der Waals surface area contributed by atoms with E-state index in [0.29, 0.717) is 11.8 Å². The number of carbonyl (C=O) groups is 1. The monoisotopic (exact) mass is 267 g/mol. The Bertz CT molecular complexity index is 687. The number of benzene rings is 1. The predicted molar refractivity (Wildman–Crippen MR) is 76.2 cm³/mol. The average molecular weight is 267 g/mol. The number of hydrogen-bond acceptors (Lipinski definition) is 3. The minimum atomic E-state index is -0.0555. The summed E-state index contributed by atoms with van der Waals surface area (Å²) in [5.74, 6) is 0.668. The Kier molecular flexibility index (Phi) is 2.37. The van der Waals surface area contributed by atoms with Crippen molar-refractivity contribution in [2.45, 2.75) is 25.7 Å². The van der Waals surface area contributed by atoms with Gasteiger partial charge in [-0.15, -0.1) is 0 Å². The Morgan fingerprint density at radius 3 is 2.65 bits per heavy atom. The largest absolute Gasteiger partial charge is 0.341 e. The zero-order valence-corrected chi connectivity index (χ0v) is 11.5. The maximum Gasteiger partial charge on any atom is 0.228 e. The molecule has 1 aromatic heterocycles. The molecular weight excluding hydrogens is 250 g/mol. The average Bonchev–Trinajstić information content (AvgIpc) is 3.16. The van der Waals surface area contributed by atoms with Crippen LogP contribution in [0.25, 0.3) is 11.0 Å². The highest BCUT2D eigenvalue weighted by Gasteiger charge is 2.49. The van der Waals surface area contributed by atoms with Crippen LogP contribution in [0.15, 0.2) is 30.5 Å². The smallest absolute Gasteiger partial charge is 0.228 e. The van der Waals surface area contributed by atoms with Crippen molar-refractivity contribution in [1.29, 1.82) is 0 Å². The fourth-order valence-corrected chi connectivity index (χ4v) is 2.78. The van der Waals surface area contributed by atoms with Crippen molar-refractivity contribution in [3.05, 3.63) is 36.2 Å². The van der Waals surface area contributed by atoms with Crippen molar-refractivity contribution in [3.8, 4) is 0 Å². The van der Waals surface area contributed by atoms with Crippen molar-refractivity contribution in [1.82, 2.24) is 14.9 Å². The molecule has 4 rings (SSSR count). The Labute approximate surface area is 117 Å². The summed E-state index contributed by atoms with van der Waals surface area (Å²) < 4.78 is 0. The number of fused-ring (bicyclic) bond motifs is 1. The topological polar surface area (TPSA) is 46.1 Å². The molecule has 0 atom stereocenters. The van der Waals surface area contributed by atoms with Crippen molar-refractivity contribution < 1.29 is 4.79 Å². The lowest BCUT2D eigenvalue weighted by atomic mass is 9.94. The van der Waals surface area contributed by atoms with Crippen LogP contribution in [0.5, 0.6) is 0 Å². The molecule has 2 fully saturated rings. The number of hydrogen-bond donors (Lipinski definition) is 0. The number of amides is 1. The SMILES string of the molecule is CC1(C(=O)N2CC(c3cnc4ccccc4n3)C2)CC1. The van der Waals surface area contributed by atoms with E-state index in [-0.39, 0.29) is 5.41 Å². The molecule has 2 aromatic rings. The summed E-state index contributed by atoms with van der Waals surface area (Å²) in [5.41, 5.74) is 2.81. The molecule has 0 radical (unpaired) electrons. The van der Waals surface area contributed by atoms with E-state index >= 15 is 0 Å². The second-order valence-electron chi connectivity index (χ2n) is 6.25. The molecule has 1 aromatic carbocycles. The van der Waals surface area contributed by atoms with Gasteiger partial charge in [-0.2, -0.15) is 0 Å². The van der Waals surface area contributed by atoms with Crippen molar-refractivity contribution in [2.75, 3.05) is 13.1 Å². The van der Waals surface area contributed by atoms with E-state index in [2.05, 4.69) is 16.9 Å². The molecule has 0 bridgehead atoms. The predicted octanol–water partition coefficient (Wildman–Crippen LogP) is 2.36. The number of carbonyl (C=O) groups excluding carboxylic acids is 1. The molecule has 4 nitrogen and oxygen atoms in total. The van der Waals surface area contributed by atoms with Gasteiger partial charge in [-0.3, -0.25) is 9.78 Å². The first-order valence-corrected chi connectivity index (χ1v) is 7.17. The van der Waals surface area contributed by atoms with E-state index in [4.69, 9.17) is 0 Å². The van der Waals surface area contributed by atoms with Gasteiger partial charge in [0, 0.05) is 30.6 Å². The van der Waals surface area contributed by atoms with Crippen LogP contribution >= 0.6 is 0 Å². The molecule has 1 aliphatic carbocycles. The van der Waals surface area contributed by atoms with Crippen LogP contribution in [0.2, 0.25) is 0 Å². The molecule has 0 N–H and O–H groups in total. The second kappa shape index (κ2) is 4.01. The number of likely N-dealkylation sites (tertiary alicyclic amines) is 1. The van der Waals surface area contributed by atoms with Gasteiger partial charge in [0.15, 0.2) is 0 Å². The van der Waals surface area contributed by atoms with Crippen molar-refractivity contribution >= 4 is 16.9 Å². The molecule has 4 heteroatoms. The molecule has 2 heterocycles. The minimum absolute atomic E-state index is 0.0555. The molecule has 0 unspecified atom stereocenters. The Hall–Kier alpha value is -1.97. The van der Waals surface area contributed by atoms with Gasteiger partial charge in [-0.1, -0.05) is 19.1 Å². The van der Waals surface area contributed by atoms with Gasteiger partial charge in [0.05, 0.1) is 16.7 Å². The molecule has 1 saturated heterocycles. The van der Waals surface area contributed by atoms with Gasteiger partial charge in [-0.25, -0.2) is 4.98 Å². The second-order valence-corrected chi connectivity index (χ2v) is 6.25. The van der Waals surface area contributed by atoms with E-state index < -0.39 is 0 Å². The summed E-state index contributed by atoms with van der Waals surface area (Å²) in [6.45, 7) is 3.65. The first-order valence-electron chi connectivity index (χ1n) is 7.17. The zero-order valence-electron chi connectivity index (χ0n) is 11.5. The summed E-state index contributed by atoms with van der Waals surface area (Å²) in [6, 6.07) is 7.90. The van der Waals surface area contributed by atoms with E-state index in [1.54, 1.807) is 0 Å². The number of aromatic nitrogens is 2. The third kappa shape index (κ3) is 1.79. The maximum absolute atomic E-state index is 12.2. The van der Waals surface area contributed by atoms with Crippen LogP contribution in [0.4, 0.5) is 0 Å². The summed E-state index contributed by atoms with van der Waals surface area (Å²) in [4.78, 5) is 23.3. The van der Waals surface area contributed by atoms with E-state index in [1.165, 1.54) is 0 Å². The highest BCUT2D eigenvalue weighted by molar-refractivity contribution is 5.85.